The van der Waals surface area contributed by atoms with Gasteiger partial charge in [-0.15, -0.1) is 0 Å². The molecule has 0 heterocycles. The predicted octanol–water partition coefficient (Wildman–Crippen LogP) is 2.93. The minimum Gasteiger partial charge on any atom is -0.340 e. The van der Waals surface area contributed by atoms with Crippen LogP contribution in [-0.2, 0) is 11.3 Å². The molecule has 1 amide bonds. The zero-order valence-corrected chi connectivity index (χ0v) is 12.8. The molecule has 2 N–H and O–H groups in total. The molecule has 0 fully saturated rings. The SMILES string of the molecule is CCCC(C)(N)C(=O)N(C)Cc1ccc(Br)cc1. The largest absolute Gasteiger partial charge is 0.340 e. The molecule has 0 saturated heterocycles. The summed E-state index contributed by atoms with van der Waals surface area (Å²) in [5, 5.41) is 0. The van der Waals surface area contributed by atoms with Gasteiger partial charge < -0.3 is 10.6 Å². The monoisotopic (exact) mass is 312 g/mol. The lowest BCUT2D eigenvalue weighted by Crippen LogP contribution is -2.51. The topological polar surface area (TPSA) is 46.3 Å². The van der Waals surface area contributed by atoms with E-state index >= 15 is 0 Å². The first-order valence-electron chi connectivity index (χ1n) is 6.15. The molecule has 0 aliphatic rings. The molecular formula is C14H21BrN2O. The van der Waals surface area contributed by atoms with E-state index in [1.165, 1.54) is 0 Å². The van der Waals surface area contributed by atoms with E-state index in [-0.39, 0.29) is 5.91 Å². The first-order chi connectivity index (χ1) is 8.36. The van der Waals surface area contributed by atoms with E-state index in [4.69, 9.17) is 5.73 Å². The van der Waals surface area contributed by atoms with Gasteiger partial charge in [0.2, 0.25) is 5.91 Å². The zero-order valence-electron chi connectivity index (χ0n) is 11.2. The van der Waals surface area contributed by atoms with Gasteiger partial charge in [-0.3, -0.25) is 4.79 Å². The van der Waals surface area contributed by atoms with Crippen molar-refractivity contribution in [1.82, 2.24) is 4.90 Å². The van der Waals surface area contributed by atoms with Crippen LogP contribution in [0.4, 0.5) is 0 Å². The van der Waals surface area contributed by atoms with Crippen molar-refractivity contribution in [2.45, 2.75) is 38.8 Å². The van der Waals surface area contributed by atoms with Gasteiger partial charge in [0, 0.05) is 18.1 Å². The van der Waals surface area contributed by atoms with Crippen LogP contribution in [0.1, 0.15) is 32.3 Å². The molecule has 0 aliphatic heterocycles. The molecule has 1 aromatic carbocycles. The summed E-state index contributed by atoms with van der Waals surface area (Å²) in [6, 6.07) is 7.95. The zero-order chi connectivity index (χ0) is 13.8. The molecule has 18 heavy (non-hydrogen) atoms. The van der Waals surface area contributed by atoms with Gasteiger partial charge in [0.15, 0.2) is 0 Å². The highest BCUT2D eigenvalue weighted by Gasteiger charge is 2.29. The van der Waals surface area contributed by atoms with Crippen LogP contribution in [0.15, 0.2) is 28.7 Å². The van der Waals surface area contributed by atoms with Gasteiger partial charge >= 0.3 is 0 Å². The van der Waals surface area contributed by atoms with Crippen molar-refractivity contribution in [3.05, 3.63) is 34.3 Å². The van der Waals surface area contributed by atoms with Crippen molar-refractivity contribution < 1.29 is 4.79 Å². The number of amides is 1. The highest BCUT2D eigenvalue weighted by atomic mass is 79.9. The number of nitrogens with zero attached hydrogens (tertiary/aromatic N) is 1. The summed E-state index contributed by atoms with van der Waals surface area (Å²) >= 11 is 3.39. The normalized spacial score (nSPS) is 14.1. The standard InChI is InChI=1S/C14H21BrN2O/c1-4-9-14(2,16)13(18)17(3)10-11-5-7-12(15)8-6-11/h5-8H,4,9-10,16H2,1-3H3. The van der Waals surface area contributed by atoms with Crippen molar-refractivity contribution in [3.8, 4) is 0 Å². The Morgan fingerprint density at radius 3 is 2.44 bits per heavy atom. The number of nitrogens with two attached hydrogens (primary N) is 1. The van der Waals surface area contributed by atoms with Crippen LogP contribution >= 0.6 is 15.9 Å². The summed E-state index contributed by atoms with van der Waals surface area (Å²) in [5.41, 5.74) is 6.38. The van der Waals surface area contributed by atoms with Crippen molar-refractivity contribution >= 4 is 21.8 Å². The van der Waals surface area contributed by atoms with Crippen LogP contribution in [0.2, 0.25) is 0 Å². The molecule has 1 unspecified atom stereocenters. The molecule has 0 saturated carbocycles. The Bertz CT molecular complexity index is 401. The molecule has 0 spiro atoms. The number of benzene rings is 1. The molecule has 1 rings (SSSR count). The Morgan fingerprint density at radius 2 is 1.94 bits per heavy atom. The van der Waals surface area contributed by atoms with E-state index in [9.17, 15) is 4.79 Å². The summed E-state index contributed by atoms with van der Waals surface area (Å²) in [5.74, 6) is -0.00716. The fraction of sp³-hybridized carbons (Fsp3) is 0.500. The molecule has 4 heteroatoms. The van der Waals surface area contributed by atoms with Crippen molar-refractivity contribution in [1.29, 1.82) is 0 Å². The molecule has 3 nitrogen and oxygen atoms in total. The Hall–Kier alpha value is -0.870. The molecule has 1 aromatic rings. The maximum atomic E-state index is 12.2. The second-order valence-electron chi connectivity index (χ2n) is 4.96. The number of hydrogen-bond donors (Lipinski definition) is 1. The number of likely N-dealkylation sites (N-methyl/N-ethyl adjacent to an activating group) is 1. The minimum atomic E-state index is -0.765. The van der Waals surface area contributed by atoms with Gasteiger partial charge in [-0.05, 0) is 31.0 Å². The van der Waals surface area contributed by atoms with E-state index in [1.807, 2.05) is 31.2 Å². The van der Waals surface area contributed by atoms with Crippen LogP contribution in [0.3, 0.4) is 0 Å². The molecule has 0 bridgehead atoms. The van der Waals surface area contributed by atoms with Crippen LogP contribution in [-0.4, -0.2) is 23.4 Å². The van der Waals surface area contributed by atoms with Gasteiger partial charge in [-0.1, -0.05) is 41.4 Å². The third-order valence-electron chi connectivity index (χ3n) is 2.94. The maximum Gasteiger partial charge on any atom is 0.242 e. The summed E-state index contributed by atoms with van der Waals surface area (Å²) in [4.78, 5) is 13.9. The van der Waals surface area contributed by atoms with E-state index < -0.39 is 5.54 Å². The average Bonchev–Trinajstić information content (AvgIpc) is 2.31. The van der Waals surface area contributed by atoms with Gasteiger partial charge in [-0.25, -0.2) is 0 Å². The van der Waals surface area contributed by atoms with Crippen LogP contribution in [0, 0.1) is 0 Å². The minimum absolute atomic E-state index is 0.00716. The van der Waals surface area contributed by atoms with E-state index in [0.29, 0.717) is 13.0 Å². The Labute approximate surface area is 117 Å². The van der Waals surface area contributed by atoms with Crippen molar-refractivity contribution in [2.24, 2.45) is 5.73 Å². The smallest absolute Gasteiger partial charge is 0.242 e. The lowest BCUT2D eigenvalue weighted by atomic mass is 9.96. The molecule has 0 aromatic heterocycles. The predicted molar refractivity (Wildman–Crippen MR) is 78.1 cm³/mol. The number of halogens is 1. The first-order valence-corrected chi connectivity index (χ1v) is 6.95. The fourth-order valence-electron chi connectivity index (χ4n) is 2.00. The first kappa shape index (κ1) is 15.2. The average molecular weight is 313 g/mol. The maximum absolute atomic E-state index is 12.2. The van der Waals surface area contributed by atoms with E-state index in [0.717, 1.165) is 16.5 Å². The molecule has 1 atom stereocenters. The quantitative estimate of drug-likeness (QED) is 0.908. The number of carbonyl (C=O) groups is 1. The fourth-order valence-corrected chi connectivity index (χ4v) is 2.26. The van der Waals surface area contributed by atoms with Gasteiger partial charge in [0.25, 0.3) is 0 Å². The second-order valence-corrected chi connectivity index (χ2v) is 5.87. The van der Waals surface area contributed by atoms with Gasteiger partial charge in [0.1, 0.15) is 0 Å². The van der Waals surface area contributed by atoms with Crippen LogP contribution < -0.4 is 5.73 Å². The van der Waals surface area contributed by atoms with Crippen LogP contribution in [0.5, 0.6) is 0 Å². The number of hydrogen-bond acceptors (Lipinski definition) is 2. The van der Waals surface area contributed by atoms with E-state index in [2.05, 4.69) is 15.9 Å². The Kier molecular flexibility index (Phi) is 5.35. The van der Waals surface area contributed by atoms with Crippen molar-refractivity contribution in [2.75, 3.05) is 7.05 Å². The highest BCUT2D eigenvalue weighted by Crippen LogP contribution is 2.15. The summed E-state index contributed by atoms with van der Waals surface area (Å²) in [6.45, 7) is 4.42. The lowest BCUT2D eigenvalue weighted by Gasteiger charge is -2.29. The summed E-state index contributed by atoms with van der Waals surface area (Å²) in [7, 11) is 1.80. The van der Waals surface area contributed by atoms with Gasteiger partial charge in [-0.2, -0.15) is 0 Å². The Morgan fingerprint density at radius 1 is 1.39 bits per heavy atom. The molecule has 0 aliphatic carbocycles. The third kappa shape index (κ3) is 4.10. The highest BCUT2D eigenvalue weighted by molar-refractivity contribution is 9.10. The number of rotatable bonds is 5. The Balaban J connectivity index is 2.67. The van der Waals surface area contributed by atoms with E-state index in [1.54, 1.807) is 18.9 Å². The summed E-state index contributed by atoms with van der Waals surface area (Å²) in [6.07, 6.45) is 1.61. The molecule has 0 radical (unpaired) electrons. The lowest BCUT2D eigenvalue weighted by molar-refractivity contribution is -0.135. The van der Waals surface area contributed by atoms with Crippen LogP contribution in [0.25, 0.3) is 0 Å². The molecular weight excluding hydrogens is 292 g/mol. The third-order valence-corrected chi connectivity index (χ3v) is 3.47. The molecule has 100 valence electrons. The summed E-state index contributed by atoms with van der Waals surface area (Å²) < 4.78 is 1.04. The number of carbonyl (C=O) groups excluding carboxylic acids is 1. The van der Waals surface area contributed by atoms with Gasteiger partial charge in [0.05, 0.1) is 5.54 Å². The van der Waals surface area contributed by atoms with Crippen molar-refractivity contribution in [3.63, 3.8) is 0 Å². The second kappa shape index (κ2) is 6.34.